The topological polar surface area (TPSA) is 98.2 Å². The third-order valence-electron chi connectivity index (χ3n) is 3.70. The summed E-state index contributed by atoms with van der Waals surface area (Å²) in [4.78, 5) is 22.4. The first kappa shape index (κ1) is 14.0. The highest BCUT2D eigenvalue weighted by molar-refractivity contribution is 5.87. The van der Waals surface area contributed by atoms with E-state index in [2.05, 4.69) is 19.2 Å². The minimum absolute atomic E-state index is 0.0927. The average molecular weight is 241 g/mol. The highest BCUT2D eigenvalue weighted by Crippen LogP contribution is 2.29. The molecule has 1 rings (SSSR count). The molecule has 1 aliphatic carbocycles. The second-order valence-electron chi connectivity index (χ2n) is 5.25. The molecule has 0 aromatic rings. The lowest BCUT2D eigenvalue weighted by Crippen LogP contribution is -2.48. The van der Waals surface area contributed by atoms with Crippen LogP contribution >= 0.6 is 0 Å². The van der Waals surface area contributed by atoms with Crippen LogP contribution in [0.5, 0.6) is 0 Å². The molecule has 0 aromatic carbocycles. The summed E-state index contributed by atoms with van der Waals surface area (Å²) in [5.41, 5.74) is 10.6. The van der Waals surface area contributed by atoms with E-state index in [0.29, 0.717) is 11.8 Å². The monoisotopic (exact) mass is 241 g/mol. The molecule has 17 heavy (non-hydrogen) atoms. The van der Waals surface area contributed by atoms with E-state index >= 15 is 0 Å². The largest absolute Gasteiger partial charge is 0.370 e. The normalized spacial score (nSPS) is 30.6. The van der Waals surface area contributed by atoms with Crippen molar-refractivity contribution in [2.24, 2.45) is 23.3 Å². The molecule has 1 saturated carbocycles. The van der Waals surface area contributed by atoms with Crippen LogP contribution in [0.2, 0.25) is 0 Å². The maximum Gasteiger partial charge on any atom is 0.237 e. The molecule has 0 heterocycles. The second-order valence-corrected chi connectivity index (χ2v) is 5.25. The van der Waals surface area contributed by atoms with Crippen molar-refractivity contribution in [3.8, 4) is 0 Å². The molecular formula is C12H23N3O2. The van der Waals surface area contributed by atoms with Crippen molar-refractivity contribution in [2.45, 2.75) is 51.6 Å². The van der Waals surface area contributed by atoms with Crippen LogP contribution in [0.1, 0.15) is 39.5 Å². The molecular weight excluding hydrogens is 218 g/mol. The molecule has 1 fully saturated rings. The number of carbonyl (C=O) groups excluding carboxylic acids is 2. The summed E-state index contributed by atoms with van der Waals surface area (Å²) in [6.45, 7) is 4.44. The molecule has 0 aromatic heterocycles. The van der Waals surface area contributed by atoms with Gasteiger partial charge in [-0.3, -0.25) is 9.59 Å². The van der Waals surface area contributed by atoms with E-state index in [9.17, 15) is 9.59 Å². The summed E-state index contributed by atoms with van der Waals surface area (Å²) in [6.07, 6.45) is 3.00. The molecule has 98 valence electrons. The molecule has 0 saturated heterocycles. The molecule has 4 unspecified atom stereocenters. The van der Waals surface area contributed by atoms with Gasteiger partial charge in [-0.05, 0) is 31.1 Å². The van der Waals surface area contributed by atoms with Gasteiger partial charge in [0.25, 0.3) is 0 Å². The van der Waals surface area contributed by atoms with Gasteiger partial charge in [-0.15, -0.1) is 0 Å². The van der Waals surface area contributed by atoms with Gasteiger partial charge >= 0.3 is 0 Å². The fraction of sp³-hybridized carbons (Fsp3) is 0.833. The number of hydrogen-bond donors (Lipinski definition) is 3. The van der Waals surface area contributed by atoms with Crippen molar-refractivity contribution < 1.29 is 9.59 Å². The van der Waals surface area contributed by atoms with Crippen LogP contribution in [0.3, 0.4) is 0 Å². The van der Waals surface area contributed by atoms with Crippen LogP contribution in [0.25, 0.3) is 0 Å². The Hall–Kier alpha value is -1.10. The predicted molar refractivity (Wildman–Crippen MR) is 65.9 cm³/mol. The molecule has 5 nitrogen and oxygen atoms in total. The third-order valence-corrected chi connectivity index (χ3v) is 3.70. The number of primary amides is 1. The highest BCUT2D eigenvalue weighted by atomic mass is 16.2. The van der Waals surface area contributed by atoms with E-state index in [4.69, 9.17) is 11.5 Å². The van der Waals surface area contributed by atoms with E-state index in [-0.39, 0.29) is 18.4 Å². The van der Waals surface area contributed by atoms with Crippen molar-refractivity contribution >= 4 is 11.8 Å². The number of amides is 2. The molecule has 4 atom stereocenters. The molecule has 0 aliphatic heterocycles. The van der Waals surface area contributed by atoms with Crippen LogP contribution in [-0.4, -0.2) is 23.9 Å². The smallest absolute Gasteiger partial charge is 0.237 e. The summed E-state index contributed by atoms with van der Waals surface area (Å²) in [5, 5.41) is 2.90. The zero-order valence-corrected chi connectivity index (χ0v) is 10.6. The number of nitrogens with two attached hydrogens (primary N) is 2. The molecule has 0 bridgehead atoms. The quantitative estimate of drug-likeness (QED) is 0.652. The Morgan fingerprint density at radius 2 is 1.94 bits per heavy atom. The fourth-order valence-corrected chi connectivity index (χ4v) is 2.30. The van der Waals surface area contributed by atoms with Gasteiger partial charge in [-0.2, -0.15) is 0 Å². The van der Waals surface area contributed by atoms with Crippen LogP contribution in [0.4, 0.5) is 0 Å². The van der Waals surface area contributed by atoms with Crippen molar-refractivity contribution in [2.75, 3.05) is 0 Å². The van der Waals surface area contributed by atoms with Crippen molar-refractivity contribution in [1.82, 2.24) is 5.32 Å². The standard InChI is InChI=1S/C12H23N3O2/c1-7-3-4-9(5-8(7)2)15-12(17)10(13)6-11(14)16/h7-10H,3-6,13H2,1-2H3,(H2,14,16)(H,15,17). The number of nitrogens with one attached hydrogen (secondary N) is 1. The Bertz CT molecular complexity index is 293. The van der Waals surface area contributed by atoms with E-state index in [1.165, 1.54) is 0 Å². The minimum atomic E-state index is -0.817. The molecule has 0 spiro atoms. The van der Waals surface area contributed by atoms with E-state index < -0.39 is 11.9 Å². The Morgan fingerprint density at radius 1 is 1.29 bits per heavy atom. The molecule has 2 amide bonds. The predicted octanol–water partition coefficient (Wildman–Crippen LogP) is 0.130. The second kappa shape index (κ2) is 6.00. The summed E-state index contributed by atoms with van der Waals surface area (Å²) < 4.78 is 0. The fourth-order valence-electron chi connectivity index (χ4n) is 2.30. The van der Waals surface area contributed by atoms with E-state index in [0.717, 1.165) is 19.3 Å². The van der Waals surface area contributed by atoms with Crippen LogP contribution in [-0.2, 0) is 9.59 Å². The van der Waals surface area contributed by atoms with Crippen molar-refractivity contribution in [3.05, 3.63) is 0 Å². The zero-order valence-electron chi connectivity index (χ0n) is 10.6. The van der Waals surface area contributed by atoms with Gasteiger partial charge in [0.15, 0.2) is 0 Å². The van der Waals surface area contributed by atoms with Gasteiger partial charge in [0, 0.05) is 6.04 Å². The Balaban J connectivity index is 2.38. The summed E-state index contributed by atoms with van der Waals surface area (Å²) in [7, 11) is 0. The van der Waals surface area contributed by atoms with Gasteiger partial charge in [0.05, 0.1) is 12.5 Å². The third kappa shape index (κ3) is 4.34. The SMILES string of the molecule is CC1CCC(NC(=O)C(N)CC(N)=O)CC1C. The Morgan fingerprint density at radius 3 is 2.47 bits per heavy atom. The van der Waals surface area contributed by atoms with Gasteiger partial charge in [-0.1, -0.05) is 13.8 Å². The van der Waals surface area contributed by atoms with Crippen molar-refractivity contribution in [1.29, 1.82) is 0 Å². The summed E-state index contributed by atoms with van der Waals surface area (Å²) in [6, 6.07) is -0.630. The molecule has 1 aliphatic rings. The minimum Gasteiger partial charge on any atom is -0.370 e. The molecule has 5 heteroatoms. The van der Waals surface area contributed by atoms with Crippen molar-refractivity contribution in [3.63, 3.8) is 0 Å². The Kier molecular flexibility index (Phi) is 4.93. The lowest BCUT2D eigenvalue weighted by molar-refractivity contribution is -0.127. The number of hydrogen-bond acceptors (Lipinski definition) is 3. The first-order valence-electron chi connectivity index (χ1n) is 6.24. The molecule has 0 radical (unpaired) electrons. The van der Waals surface area contributed by atoms with E-state index in [1.807, 2.05) is 0 Å². The van der Waals surface area contributed by atoms with Gasteiger partial charge in [-0.25, -0.2) is 0 Å². The number of rotatable bonds is 4. The summed E-state index contributed by atoms with van der Waals surface area (Å²) in [5.74, 6) is 0.512. The van der Waals surface area contributed by atoms with Gasteiger partial charge in [0.2, 0.25) is 11.8 Å². The maximum atomic E-state index is 11.7. The Labute approximate surface area is 102 Å². The van der Waals surface area contributed by atoms with E-state index in [1.54, 1.807) is 0 Å². The number of carbonyl (C=O) groups is 2. The lowest BCUT2D eigenvalue weighted by Gasteiger charge is -2.33. The molecule has 5 N–H and O–H groups in total. The lowest BCUT2D eigenvalue weighted by atomic mass is 9.79. The summed E-state index contributed by atoms with van der Waals surface area (Å²) >= 11 is 0. The van der Waals surface area contributed by atoms with Gasteiger partial charge < -0.3 is 16.8 Å². The van der Waals surface area contributed by atoms with Gasteiger partial charge in [0.1, 0.15) is 0 Å². The highest BCUT2D eigenvalue weighted by Gasteiger charge is 2.27. The first-order chi connectivity index (χ1) is 7.90. The average Bonchev–Trinajstić information content (AvgIpc) is 2.22. The van der Waals surface area contributed by atoms with Crippen LogP contribution in [0, 0.1) is 11.8 Å². The zero-order chi connectivity index (χ0) is 13.0. The van der Waals surface area contributed by atoms with Crippen LogP contribution in [0.15, 0.2) is 0 Å². The first-order valence-corrected chi connectivity index (χ1v) is 6.24. The van der Waals surface area contributed by atoms with Crippen LogP contribution < -0.4 is 16.8 Å². The maximum absolute atomic E-state index is 11.7.